The minimum absolute atomic E-state index is 0.237. The van der Waals surface area contributed by atoms with E-state index in [0.717, 1.165) is 25.2 Å². The number of carbonyl (C=O) groups is 1. The van der Waals surface area contributed by atoms with Gasteiger partial charge >= 0.3 is 0 Å². The lowest BCUT2D eigenvalue weighted by Crippen LogP contribution is -2.20. The van der Waals surface area contributed by atoms with Crippen LogP contribution in [-0.4, -0.2) is 39.5 Å². The molecule has 0 fully saturated rings. The van der Waals surface area contributed by atoms with Crippen molar-refractivity contribution in [3.05, 3.63) is 35.3 Å². The van der Waals surface area contributed by atoms with Crippen molar-refractivity contribution >= 4 is 11.7 Å². The van der Waals surface area contributed by atoms with Gasteiger partial charge in [0.2, 0.25) is 0 Å². The van der Waals surface area contributed by atoms with Crippen LogP contribution in [0.15, 0.2) is 18.2 Å². The average Bonchev–Trinajstić information content (AvgIpc) is 2.81. The number of amides is 1. The zero-order chi connectivity index (χ0) is 15.2. The second kappa shape index (κ2) is 6.83. The summed E-state index contributed by atoms with van der Waals surface area (Å²) in [7, 11) is 1.56. The Labute approximate surface area is 123 Å². The number of nitrogens with one attached hydrogen (secondary N) is 2. The van der Waals surface area contributed by atoms with Gasteiger partial charge in [-0.2, -0.15) is 5.10 Å². The summed E-state index contributed by atoms with van der Waals surface area (Å²) in [6, 6.07) is 5.46. The lowest BCUT2D eigenvalue weighted by molar-refractivity contribution is 0.0957. The van der Waals surface area contributed by atoms with Gasteiger partial charge < -0.3 is 10.6 Å². The summed E-state index contributed by atoms with van der Waals surface area (Å²) < 4.78 is 2.00. The predicted octanol–water partition coefficient (Wildman–Crippen LogP) is 1.15. The van der Waals surface area contributed by atoms with Gasteiger partial charge in [0.1, 0.15) is 5.82 Å². The number of nitrogens with zero attached hydrogens (tertiary/aromatic N) is 4. The third-order valence-electron chi connectivity index (χ3n) is 3.08. The molecule has 2 aromatic heterocycles. The van der Waals surface area contributed by atoms with Crippen molar-refractivity contribution in [1.82, 2.24) is 25.3 Å². The number of hydrogen-bond donors (Lipinski definition) is 2. The third kappa shape index (κ3) is 4.01. The molecule has 0 aliphatic carbocycles. The summed E-state index contributed by atoms with van der Waals surface area (Å²) in [5.41, 5.74) is 2.52. The highest BCUT2D eigenvalue weighted by Crippen LogP contribution is 2.04. The van der Waals surface area contributed by atoms with E-state index in [0.29, 0.717) is 11.5 Å². The second-order valence-electron chi connectivity index (χ2n) is 4.81. The fourth-order valence-corrected chi connectivity index (χ4v) is 2.02. The fourth-order valence-electron chi connectivity index (χ4n) is 2.02. The van der Waals surface area contributed by atoms with Gasteiger partial charge in [0.15, 0.2) is 5.69 Å². The minimum Gasteiger partial charge on any atom is -0.369 e. The fraction of sp³-hybridized carbons (Fsp3) is 0.429. The molecule has 112 valence electrons. The summed E-state index contributed by atoms with van der Waals surface area (Å²) in [6.07, 6.45) is 0.931. The molecular formula is C14H20N6O. The van der Waals surface area contributed by atoms with Crippen LogP contribution in [0.4, 0.5) is 5.82 Å². The first-order valence-corrected chi connectivity index (χ1v) is 6.91. The van der Waals surface area contributed by atoms with Gasteiger partial charge in [0.05, 0.1) is 5.69 Å². The monoisotopic (exact) mass is 288 g/mol. The predicted molar refractivity (Wildman–Crippen MR) is 80.2 cm³/mol. The maximum Gasteiger partial charge on any atom is 0.271 e. The number of hydrogen-bond acceptors (Lipinski definition) is 5. The number of rotatable bonds is 6. The molecule has 2 rings (SSSR count). The molecule has 2 heterocycles. The molecular weight excluding hydrogens is 268 g/mol. The largest absolute Gasteiger partial charge is 0.369 e. The van der Waals surface area contributed by atoms with Crippen molar-refractivity contribution < 1.29 is 4.79 Å². The molecule has 0 spiro atoms. The Kier molecular flexibility index (Phi) is 4.86. The van der Waals surface area contributed by atoms with Crippen molar-refractivity contribution in [3.8, 4) is 0 Å². The summed E-state index contributed by atoms with van der Waals surface area (Å²) in [6.45, 7) is 5.67. The highest BCUT2D eigenvalue weighted by Gasteiger charge is 2.05. The SMILES string of the molecule is CNC(=O)c1ccc(NCCCn2nc(C)cc2C)nn1. The Bertz CT molecular complexity index is 604. The summed E-state index contributed by atoms with van der Waals surface area (Å²) >= 11 is 0. The van der Waals surface area contributed by atoms with E-state index in [1.807, 2.05) is 11.6 Å². The molecule has 0 atom stereocenters. The quantitative estimate of drug-likeness (QED) is 0.779. The molecule has 0 aliphatic rings. The normalized spacial score (nSPS) is 10.4. The van der Waals surface area contributed by atoms with Crippen molar-refractivity contribution in [2.24, 2.45) is 0 Å². The molecule has 0 saturated carbocycles. The lowest BCUT2D eigenvalue weighted by Gasteiger charge is -2.07. The second-order valence-corrected chi connectivity index (χ2v) is 4.81. The van der Waals surface area contributed by atoms with Crippen LogP contribution in [0.5, 0.6) is 0 Å². The molecule has 0 aliphatic heterocycles. The number of carbonyl (C=O) groups excluding carboxylic acids is 1. The Balaban J connectivity index is 1.78. The zero-order valence-electron chi connectivity index (χ0n) is 12.6. The Morgan fingerprint density at radius 1 is 1.29 bits per heavy atom. The molecule has 7 heteroatoms. The zero-order valence-corrected chi connectivity index (χ0v) is 12.6. The molecule has 0 aromatic carbocycles. The molecule has 7 nitrogen and oxygen atoms in total. The molecule has 21 heavy (non-hydrogen) atoms. The molecule has 0 bridgehead atoms. The van der Waals surface area contributed by atoms with E-state index in [9.17, 15) is 4.79 Å². The van der Waals surface area contributed by atoms with E-state index >= 15 is 0 Å². The summed E-state index contributed by atoms with van der Waals surface area (Å²) in [4.78, 5) is 11.3. The Hall–Kier alpha value is -2.44. The minimum atomic E-state index is -0.237. The van der Waals surface area contributed by atoms with Crippen LogP contribution < -0.4 is 10.6 Å². The molecule has 1 amide bonds. The number of aryl methyl sites for hydroxylation is 3. The van der Waals surface area contributed by atoms with Gasteiger partial charge in [0, 0.05) is 25.8 Å². The van der Waals surface area contributed by atoms with Crippen LogP contribution in [0.3, 0.4) is 0 Å². The van der Waals surface area contributed by atoms with Crippen molar-refractivity contribution in [3.63, 3.8) is 0 Å². The Morgan fingerprint density at radius 2 is 2.10 bits per heavy atom. The van der Waals surface area contributed by atoms with Crippen LogP contribution >= 0.6 is 0 Å². The first-order chi connectivity index (χ1) is 10.1. The molecule has 0 radical (unpaired) electrons. The van der Waals surface area contributed by atoms with Crippen LogP contribution in [-0.2, 0) is 6.54 Å². The van der Waals surface area contributed by atoms with Crippen LogP contribution in [0, 0.1) is 13.8 Å². The van der Waals surface area contributed by atoms with Crippen LogP contribution in [0.1, 0.15) is 28.3 Å². The van der Waals surface area contributed by atoms with Gasteiger partial charge in [-0.05, 0) is 38.5 Å². The highest BCUT2D eigenvalue weighted by molar-refractivity contribution is 5.91. The topological polar surface area (TPSA) is 84.7 Å². The number of aromatic nitrogens is 4. The van der Waals surface area contributed by atoms with E-state index < -0.39 is 0 Å². The van der Waals surface area contributed by atoms with Crippen molar-refractivity contribution in [1.29, 1.82) is 0 Å². The smallest absolute Gasteiger partial charge is 0.271 e. The summed E-state index contributed by atoms with van der Waals surface area (Å²) in [5.74, 6) is 0.426. The molecule has 0 unspecified atom stereocenters. The lowest BCUT2D eigenvalue weighted by atomic mass is 10.3. The van der Waals surface area contributed by atoms with E-state index in [-0.39, 0.29) is 5.91 Å². The Morgan fingerprint density at radius 3 is 2.67 bits per heavy atom. The van der Waals surface area contributed by atoms with Crippen molar-refractivity contribution in [2.45, 2.75) is 26.8 Å². The van der Waals surface area contributed by atoms with E-state index in [2.05, 4.69) is 38.9 Å². The van der Waals surface area contributed by atoms with Crippen molar-refractivity contribution in [2.75, 3.05) is 18.9 Å². The summed E-state index contributed by atoms with van der Waals surface area (Å²) in [5, 5.41) is 17.9. The first-order valence-electron chi connectivity index (χ1n) is 6.91. The molecule has 2 aromatic rings. The van der Waals surface area contributed by atoms with E-state index in [1.54, 1.807) is 19.2 Å². The maximum absolute atomic E-state index is 11.3. The third-order valence-corrected chi connectivity index (χ3v) is 3.08. The first kappa shape index (κ1) is 15.0. The van der Waals surface area contributed by atoms with Gasteiger partial charge in [-0.1, -0.05) is 0 Å². The molecule has 2 N–H and O–H groups in total. The highest BCUT2D eigenvalue weighted by atomic mass is 16.1. The maximum atomic E-state index is 11.3. The van der Waals surface area contributed by atoms with Crippen LogP contribution in [0.2, 0.25) is 0 Å². The standard InChI is InChI=1S/C14H20N6O/c1-10-9-11(2)20(19-10)8-4-7-16-13-6-5-12(17-18-13)14(21)15-3/h5-6,9H,4,7-8H2,1-3H3,(H,15,21)(H,16,18). The van der Waals surface area contributed by atoms with Gasteiger partial charge in [0.25, 0.3) is 5.91 Å². The number of anilines is 1. The van der Waals surface area contributed by atoms with Gasteiger partial charge in [-0.25, -0.2) is 0 Å². The van der Waals surface area contributed by atoms with Crippen LogP contribution in [0.25, 0.3) is 0 Å². The van der Waals surface area contributed by atoms with Gasteiger partial charge in [-0.15, -0.1) is 10.2 Å². The van der Waals surface area contributed by atoms with Gasteiger partial charge in [-0.3, -0.25) is 9.48 Å². The van der Waals surface area contributed by atoms with E-state index in [4.69, 9.17) is 0 Å². The average molecular weight is 288 g/mol. The van der Waals surface area contributed by atoms with E-state index in [1.165, 1.54) is 5.69 Å². The molecule has 0 saturated heterocycles.